The van der Waals surface area contributed by atoms with Crippen LogP contribution in [0.4, 0.5) is 0 Å². The average Bonchev–Trinajstić information content (AvgIpc) is 2.68. The van der Waals surface area contributed by atoms with E-state index in [0.29, 0.717) is 6.42 Å². The first-order chi connectivity index (χ1) is 9.95. The maximum absolute atomic E-state index is 11.8. The molecule has 5 nitrogen and oxygen atoms in total. The quantitative estimate of drug-likeness (QED) is 0.502. The number of unbranched alkanes of at least 4 members (excludes halogenated alkanes) is 2. The summed E-state index contributed by atoms with van der Waals surface area (Å²) in [7, 11) is 0. The Bertz CT molecular complexity index is 413. The Labute approximate surface area is 125 Å². The molecule has 0 radical (unpaired) electrons. The highest BCUT2D eigenvalue weighted by Crippen LogP contribution is 2.33. The van der Waals surface area contributed by atoms with Crippen molar-refractivity contribution >= 4 is 17.5 Å². The van der Waals surface area contributed by atoms with Crippen molar-refractivity contribution in [1.82, 2.24) is 0 Å². The maximum atomic E-state index is 11.8. The highest BCUT2D eigenvalue weighted by atomic mass is 16.4. The molecule has 0 aromatic rings. The van der Waals surface area contributed by atoms with Crippen molar-refractivity contribution in [3.63, 3.8) is 0 Å². The predicted octanol–water partition coefficient (Wildman–Crippen LogP) is 2.12. The Morgan fingerprint density at radius 3 is 2.62 bits per heavy atom. The van der Waals surface area contributed by atoms with Crippen LogP contribution in [0, 0.1) is 11.8 Å². The van der Waals surface area contributed by atoms with Crippen LogP contribution in [0.25, 0.3) is 0 Å². The standard InChI is InChI=1S/C16H24O5/c1-2-3-4-5-11(17)6-7-12-13(8-9-16(20)21)15(19)10-14(12)18/h6-7,12-14,18H,2-5,8-10H2,1H3,(H,20,21). The van der Waals surface area contributed by atoms with E-state index in [1.807, 2.05) is 0 Å². The fourth-order valence-corrected chi connectivity index (χ4v) is 2.72. The largest absolute Gasteiger partial charge is 0.481 e. The van der Waals surface area contributed by atoms with Crippen molar-refractivity contribution in [2.45, 2.75) is 58.0 Å². The third-order valence-electron chi connectivity index (χ3n) is 3.93. The number of ketones is 2. The van der Waals surface area contributed by atoms with Crippen LogP contribution in [0.15, 0.2) is 12.2 Å². The summed E-state index contributed by atoms with van der Waals surface area (Å²) in [5.41, 5.74) is 0. The van der Waals surface area contributed by atoms with Gasteiger partial charge in [-0.25, -0.2) is 0 Å². The smallest absolute Gasteiger partial charge is 0.303 e. The molecule has 5 heteroatoms. The average molecular weight is 296 g/mol. The van der Waals surface area contributed by atoms with Gasteiger partial charge in [-0.1, -0.05) is 25.8 Å². The molecule has 0 aromatic heterocycles. The number of aliphatic carboxylic acids is 1. The van der Waals surface area contributed by atoms with E-state index in [9.17, 15) is 19.5 Å². The lowest BCUT2D eigenvalue weighted by molar-refractivity contribution is -0.137. The second-order valence-electron chi connectivity index (χ2n) is 5.64. The minimum absolute atomic E-state index is 0.00742. The van der Waals surface area contributed by atoms with Crippen LogP contribution >= 0.6 is 0 Å². The van der Waals surface area contributed by atoms with Gasteiger partial charge in [0.1, 0.15) is 5.78 Å². The minimum Gasteiger partial charge on any atom is -0.481 e. The van der Waals surface area contributed by atoms with Crippen LogP contribution in [0.1, 0.15) is 51.9 Å². The van der Waals surface area contributed by atoms with Gasteiger partial charge in [0.15, 0.2) is 5.78 Å². The summed E-state index contributed by atoms with van der Waals surface area (Å²) in [6.45, 7) is 2.06. The van der Waals surface area contributed by atoms with E-state index in [-0.39, 0.29) is 30.8 Å². The van der Waals surface area contributed by atoms with Crippen LogP contribution < -0.4 is 0 Å². The molecule has 3 atom stereocenters. The number of carboxylic acid groups (broad SMARTS) is 1. The van der Waals surface area contributed by atoms with E-state index < -0.39 is 23.9 Å². The first kappa shape index (κ1) is 17.6. The predicted molar refractivity (Wildman–Crippen MR) is 77.8 cm³/mol. The number of carbonyl (C=O) groups is 3. The normalized spacial score (nSPS) is 25.6. The topological polar surface area (TPSA) is 91.7 Å². The van der Waals surface area contributed by atoms with Crippen LogP contribution in [-0.2, 0) is 14.4 Å². The molecule has 1 aliphatic rings. The van der Waals surface area contributed by atoms with Gasteiger partial charge < -0.3 is 10.2 Å². The third kappa shape index (κ3) is 5.79. The fourth-order valence-electron chi connectivity index (χ4n) is 2.72. The molecule has 0 aliphatic heterocycles. The number of rotatable bonds is 9. The van der Waals surface area contributed by atoms with Gasteiger partial charge in [-0.2, -0.15) is 0 Å². The number of carbonyl (C=O) groups excluding carboxylic acids is 2. The minimum atomic E-state index is -0.956. The fraction of sp³-hybridized carbons (Fsp3) is 0.688. The Morgan fingerprint density at radius 1 is 1.29 bits per heavy atom. The number of carboxylic acids is 1. The van der Waals surface area contributed by atoms with Crippen molar-refractivity contribution in [3.05, 3.63) is 12.2 Å². The van der Waals surface area contributed by atoms with E-state index >= 15 is 0 Å². The van der Waals surface area contributed by atoms with Crippen molar-refractivity contribution in [2.24, 2.45) is 11.8 Å². The molecule has 1 fully saturated rings. The van der Waals surface area contributed by atoms with Gasteiger partial charge in [0.25, 0.3) is 0 Å². The van der Waals surface area contributed by atoms with E-state index in [1.165, 1.54) is 6.08 Å². The molecule has 0 bridgehead atoms. The highest BCUT2D eigenvalue weighted by Gasteiger charge is 2.39. The second kappa shape index (κ2) is 8.72. The summed E-state index contributed by atoms with van der Waals surface area (Å²) in [6.07, 6.45) is 5.75. The van der Waals surface area contributed by atoms with Gasteiger partial charge >= 0.3 is 5.97 Å². The van der Waals surface area contributed by atoms with Crippen molar-refractivity contribution in [3.8, 4) is 0 Å². The zero-order valence-corrected chi connectivity index (χ0v) is 12.5. The first-order valence-corrected chi connectivity index (χ1v) is 7.59. The summed E-state index contributed by atoms with van der Waals surface area (Å²) in [5, 5.41) is 18.6. The lowest BCUT2D eigenvalue weighted by atomic mass is 9.89. The summed E-state index contributed by atoms with van der Waals surface area (Å²) >= 11 is 0. The number of aliphatic hydroxyl groups excluding tert-OH is 1. The van der Waals surface area contributed by atoms with Crippen LogP contribution in [-0.4, -0.2) is 33.9 Å². The lowest BCUT2D eigenvalue weighted by Crippen LogP contribution is -2.19. The Kier molecular flexibility index (Phi) is 7.29. The SMILES string of the molecule is CCCCCC(=O)C=CC1C(O)CC(=O)C1CCC(=O)O. The van der Waals surface area contributed by atoms with Crippen molar-refractivity contribution in [1.29, 1.82) is 0 Å². The van der Waals surface area contributed by atoms with Gasteiger partial charge in [-0.05, 0) is 18.9 Å². The molecular weight excluding hydrogens is 272 g/mol. The number of Topliss-reactive ketones (excluding diaryl/α,β-unsaturated/α-hetero) is 1. The molecule has 0 aromatic carbocycles. The molecule has 2 N–H and O–H groups in total. The van der Waals surface area contributed by atoms with Crippen LogP contribution in [0.2, 0.25) is 0 Å². The zero-order valence-electron chi connectivity index (χ0n) is 12.5. The lowest BCUT2D eigenvalue weighted by Gasteiger charge is -2.16. The van der Waals surface area contributed by atoms with Gasteiger partial charge in [0.2, 0.25) is 0 Å². The van der Waals surface area contributed by atoms with E-state index in [1.54, 1.807) is 6.08 Å². The number of hydrogen-bond acceptors (Lipinski definition) is 4. The highest BCUT2D eigenvalue weighted by molar-refractivity contribution is 5.90. The molecule has 1 aliphatic carbocycles. The Balaban J connectivity index is 2.58. The molecule has 1 saturated carbocycles. The van der Waals surface area contributed by atoms with E-state index in [0.717, 1.165) is 19.3 Å². The molecule has 0 saturated heterocycles. The maximum Gasteiger partial charge on any atom is 0.303 e. The van der Waals surface area contributed by atoms with Gasteiger partial charge in [-0.3, -0.25) is 14.4 Å². The summed E-state index contributed by atoms with van der Waals surface area (Å²) < 4.78 is 0. The molecule has 0 amide bonds. The summed E-state index contributed by atoms with van der Waals surface area (Å²) in [4.78, 5) is 34.1. The Hall–Kier alpha value is -1.49. The zero-order chi connectivity index (χ0) is 15.8. The third-order valence-corrected chi connectivity index (χ3v) is 3.93. The van der Waals surface area contributed by atoms with Crippen LogP contribution in [0.5, 0.6) is 0 Å². The molecule has 118 valence electrons. The second-order valence-corrected chi connectivity index (χ2v) is 5.64. The molecule has 21 heavy (non-hydrogen) atoms. The summed E-state index contributed by atoms with van der Waals surface area (Å²) in [6, 6.07) is 0. The first-order valence-electron chi connectivity index (χ1n) is 7.59. The van der Waals surface area contributed by atoms with Crippen molar-refractivity contribution < 1.29 is 24.6 Å². The molecule has 3 unspecified atom stereocenters. The number of aliphatic hydroxyl groups is 1. The molecule has 0 heterocycles. The monoisotopic (exact) mass is 296 g/mol. The van der Waals surface area contributed by atoms with Gasteiger partial charge in [0.05, 0.1) is 6.10 Å². The summed E-state index contributed by atoms with van der Waals surface area (Å²) in [5.74, 6) is -2.01. The van der Waals surface area contributed by atoms with E-state index in [2.05, 4.69) is 6.92 Å². The molecular formula is C16H24O5. The van der Waals surface area contributed by atoms with Crippen molar-refractivity contribution in [2.75, 3.05) is 0 Å². The molecule has 0 spiro atoms. The number of allylic oxidation sites excluding steroid dienone is 1. The van der Waals surface area contributed by atoms with Crippen LogP contribution in [0.3, 0.4) is 0 Å². The Morgan fingerprint density at radius 2 is 2.00 bits per heavy atom. The molecule has 1 rings (SSSR count). The van der Waals surface area contributed by atoms with Gasteiger partial charge in [0, 0.05) is 31.1 Å². The number of hydrogen-bond donors (Lipinski definition) is 2. The van der Waals surface area contributed by atoms with Gasteiger partial charge in [-0.15, -0.1) is 0 Å². The van der Waals surface area contributed by atoms with E-state index in [4.69, 9.17) is 5.11 Å².